The quantitative estimate of drug-likeness (QED) is 0.323. The van der Waals surface area contributed by atoms with Crippen LogP contribution in [0.5, 0.6) is 11.5 Å². The number of rotatable bonds is 13. The van der Waals surface area contributed by atoms with Crippen LogP contribution in [0.3, 0.4) is 0 Å². The Morgan fingerprint density at radius 1 is 1.11 bits per heavy atom. The van der Waals surface area contributed by atoms with E-state index in [2.05, 4.69) is 17.6 Å². The lowest BCUT2D eigenvalue weighted by Crippen LogP contribution is -2.48. The molecule has 0 saturated carbocycles. The molecule has 0 heterocycles. The summed E-state index contributed by atoms with van der Waals surface area (Å²) in [5.74, 6) is -1.59. The van der Waals surface area contributed by atoms with E-state index in [0.29, 0.717) is 18.4 Å². The first kappa shape index (κ1) is 23.3. The van der Waals surface area contributed by atoms with E-state index in [-0.39, 0.29) is 30.4 Å². The number of benzene rings is 1. The van der Waals surface area contributed by atoms with Gasteiger partial charge in [0.25, 0.3) is 0 Å². The molecule has 0 aromatic heterocycles. The maximum absolute atomic E-state index is 12.3. The minimum Gasteiger partial charge on any atom is -0.508 e. The predicted octanol–water partition coefficient (Wildman–Crippen LogP) is 1.48. The fourth-order valence-electron chi connectivity index (χ4n) is 2.77. The van der Waals surface area contributed by atoms with E-state index in [1.54, 1.807) is 6.07 Å². The second-order valence-corrected chi connectivity index (χ2v) is 6.81. The number of primary amides is 1. The number of carbonyl (C=O) groups excluding carboxylic acids is 3. The Balaban J connectivity index is 2.47. The van der Waals surface area contributed by atoms with Gasteiger partial charge in [0.1, 0.15) is 17.5 Å². The molecule has 6 N–H and O–H groups in total. The van der Waals surface area contributed by atoms with Gasteiger partial charge in [-0.1, -0.05) is 38.7 Å². The highest BCUT2D eigenvalue weighted by molar-refractivity contribution is 5.91. The average Bonchev–Trinajstić information content (AvgIpc) is 2.62. The summed E-state index contributed by atoms with van der Waals surface area (Å²) >= 11 is 0. The Morgan fingerprint density at radius 2 is 1.82 bits per heavy atom. The molecule has 0 radical (unpaired) electrons. The number of aromatic hydroxyl groups is 2. The Hall–Kier alpha value is -2.77. The number of phenols is 2. The SMILES string of the molecule is CCCCCCCC(=O)N[C@H](CC(N)=O)C(=O)NCCc1ccc(O)cc1O. The molecule has 1 atom stereocenters. The lowest BCUT2D eigenvalue weighted by molar-refractivity contribution is -0.131. The van der Waals surface area contributed by atoms with Gasteiger partial charge in [-0.15, -0.1) is 0 Å². The first-order valence-corrected chi connectivity index (χ1v) is 9.69. The van der Waals surface area contributed by atoms with Crippen molar-refractivity contribution in [2.75, 3.05) is 6.54 Å². The highest BCUT2D eigenvalue weighted by Gasteiger charge is 2.22. The lowest BCUT2D eigenvalue weighted by atomic mass is 10.1. The number of hydrogen-bond acceptors (Lipinski definition) is 5. The largest absolute Gasteiger partial charge is 0.508 e. The Kier molecular flexibility index (Phi) is 10.5. The first-order chi connectivity index (χ1) is 13.3. The molecule has 0 aliphatic heterocycles. The minimum absolute atomic E-state index is 0.0517. The normalized spacial score (nSPS) is 11.6. The summed E-state index contributed by atoms with van der Waals surface area (Å²) in [6, 6.07) is 3.19. The van der Waals surface area contributed by atoms with Crippen molar-refractivity contribution in [1.29, 1.82) is 0 Å². The molecule has 1 rings (SSSR count). The van der Waals surface area contributed by atoms with Crippen LogP contribution >= 0.6 is 0 Å². The lowest BCUT2D eigenvalue weighted by Gasteiger charge is -2.17. The fourth-order valence-corrected chi connectivity index (χ4v) is 2.77. The monoisotopic (exact) mass is 393 g/mol. The van der Waals surface area contributed by atoms with Crippen LogP contribution in [-0.4, -0.2) is 40.5 Å². The number of unbranched alkanes of at least 4 members (excludes halogenated alkanes) is 4. The van der Waals surface area contributed by atoms with Crippen LogP contribution in [-0.2, 0) is 20.8 Å². The van der Waals surface area contributed by atoms with Gasteiger partial charge in [-0.05, 0) is 24.5 Å². The smallest absolute Gasteiger partial charge is 0.243 e. The van der Waals surface area contributed by atoms with Gasteiger partial charge in [-0.25, -0.2) is 0 Å². The van der Waals surface area contributed by atoms with Gasteiger partial charge < -0.3 is 26.6 Å². The van der Waals surface area contributed by atoms with Crippen LogP contribution in [0.25, 0.3) is 0 Å². The summed E-state index contributed by atoms with van der Waals surface area (Å²) in [5.41, 5.74) is 5.74. The molecule has 1 aromatic carbocycles. The van der Waals surface area contributed by atoms with Crippen LogP contribution in [0.4, 0.5) is 0 Å². The number of hydrogen-bond donors (Lipinski definition) is 5. The van der Waals surface area contributed by atoms with Gasteiger partial charge in [0.2, 0.25) is 17.7 Å². The summed E-state index contributed by atoms with van der Waals surface area (Å²) in [7, 11) is 0. The Bertz CT molecular complexity index is 663. The molecule has 0 unspecified atom stereocenters. The molecule has 0 saturated heterocycles. The molecular weight excluding hydrogens is 362 g/mol. The van der Waals surface area contributed by atoms with Crippen molar-refractivity contribution >= 4 is 17.7 Å². The maximum Gasteiger partial charge on any atom is 0.243 e. The highest BCUT2D eigenvalue weighted by Crippen LogP contribution is 2.22. The number of carbonyl (C=O) groups is 3. The predicted molar refractivity (Wildman–Crippen MR) is 106 cm³/mol. The zero-order valence-corrected chi connectivity index (χ0v) is 16.4. The van der Waals surface area contributed by atoms with Gasteiger partial charge in [0, 0.05) is 19.0 Å². The molecular formula is C20H31N3O5. The van der Waals surface area contributed by atoms with E-state index >= 15 is 0 Å². The van der Waals surface area contributed by atoms with E-state index < -0.39 is 17.9 Å². The molecule has 0 fully saturated rings. The van der Waals surface area contributed by atoms with Crippen molar-refractivity contribution in [3.05, 3.63) is 23.8 Å². The van der Waals surface area contributed by atoms with E-state index in [0.717, 1.165) is 32.1 Å². The molecule has 0 aliphatic rings. The Morgan fingerprint density at radius 3 is 2.46 bits per heavy atom. The molecule has 3 amide bonds. The summed E-state index contributed by atoms with van der Waals surface area (Å²) in [6.45, 7) is 2.31. The van der Waals surface area contributed by atoms with Crippen molar-refractivity contribution in [2.24, 2.45) is 5.73 Å². The fraction of sp³-hybridized carbons (Fsp3) is 0.550. The van der Waals surface area contributed by atoms with Crippen molar-refractivity contribution in [2.45, 2.75) is 64.3 Å². The zero-order chi connectivity index (χ0) is 20.9. The molecule has 0 aliphatic carbocycles. The van der Waals surface area contributed by atoms with E-state index in [9.17, 15) is 24.6 Å². The summed E-state index contributed by atoms with van der Waals surface area (Å²) < 4.78 is 0. The van der Waals surface area contributed by atoms with Gasteiger partial charge >= 0.3 is 0 Å². The van der Waals surface area contributed by atoms with Crippen LogP contribution < -0.4 is 16.4 Å². The van der Waals surface area contributed by atoms with Crippen molar-refractivity contribution in [3.63, 3.8) is 0 Å². The van der Waals surface area contributed by atoms with Gasteiger partial charge in [0.15, 0.2) is 0 Å². The van der Waals surface area contributed by atoms with Crippen LogP contribution in [0.1, 0.15) is 57.4 Å². The highest BCUT2D eigenvalue weighted by atomic mass is 16.3. The number of phenolic OH excluding ortho intramolecular Hbond substituents is 2. The molecule has 8 heteroatoms. The third-order valence-corrected chi connectivity index (χ3v) is 4.33. The minimum atomic E-state index is -1.02. The number of nitrogens with two attached hydrogens (primary N) is 1. The van der Waals surface area contributed by atoms with Crippen LogP contribution in [0.15, 0.2) is 18.2 Å². The number of nitrogens with one attached hydrogen (secondary N) is 2. The number of amides is 3. The topological polar surface area (TPSA) is 142 Å². The van der Waals surface area contributed by atoms with E-state index in [1.807, 2.05) is 0 Å². The van der Waals surface area contributed by atoms with E-state index in [4.69, 9.17) is 5.73 Å². The Labute approximate surface area is 165 Å². The molecule has 1 aromatic rings. The summed E-state index contributed by atoms with van der Waals surface area (Å²) in [6.07, 6.45) is 5.35. The second-order valence-electron chi connectivity index (χ2n) is 6.81. The van der Waals surface area contributed by atoms with E-state index in [1.165, 1.54) is 12.1 Å². The summed E-state index contributed by atoms with van der Waals surface area (Å²) in [5, 5.41) is 24.2. The van der Waals surface area contributed by atoms with Crippen LogP contribution in [0, 0.1) is 0 Å². The summed E-state index contributed by atoms with van der Waals surface area (Å²) in [4.78, 5) is 35.6. The third-order valence-electron chi connectivity index (χ3n) is 4.33. The molecule has 8 nitrogen and oxygen atoms in total. The van der Waals surface area contributed by atoms with Crippen molar-refractivity contribution < 1.29 is 24.6 Å². The molecule has 0 bridgehead atoms. The van der Waals surface area contributed by atoms with Gasteiger partial charge in [-0.2, -0.15) is 0 Å². The first-order valence-electron chi connectivity index (χ1n) is 9.69. The molecule has 28 heavy (non-hydrogen) atoms. The van der Waals surface area contributed by atoms with Gasteiger partial charge in [-0.3, -0.25) is 14.4 Å². The van der Waals surface area contributed by atoms with Crippen molar-refractivity contribution in [3.8, 4) is 11.5 Å². The van der Waals surface area contributed by atoms with Crippen molar-refractivity contribution in [1.82, 2.24) is 10.6 Å². The second kappa shape index (κ2) is 12.6. The molecule has 156 valence electrons. The maximum atomic E-state index is 12.3. The van der Waals surface area contributed by atoms with Gasteiger partial charge in [0.05, 0.1) is 6.42 Å². The third kappa shape index (κ3) is 9.25. The standard InChI is InChI=1S/C20H31N3O5/c1-2-3-4-5-6-7-19(27)23-16(13-18(21)26)20(28)22-11-10-14-8-9-15(24)12-17(14)25/h8-9,12,16,24-25H,2-7,10-11,13H2,1H3,(H2,21,26)(H,22,28)(H,23,27)/t16-/m1/s1. The van der Waals surface area contributed by atoms with Crippen LogP contribution in [0.2, 0.25) is 0 Å². The zero-order valence-electron chi connectivity index (χ0n) is 16.4. The average molecular weight is 393 g/mol. The molecule has 0 spiro atoms.